The molecule has 3 rings (SSSR count). The molecule has 1 saturated heterocycles. The molecular formula is C17H22N4O2. The lowest BCUT2D eigenvalue weighted by atomic mass is 10.1. The fourth-order valence-corrected chi connectivity index (χ4v) is 3.06. The fourth-order valence-electron chi connectivity index (χ4n) is 3.06. The predicted octanol–water partition coefficient (Wildman–Crippen LogP) is 1.10. The van der Waals surface area contributed by atoms with E-state index in [1.807, 2.05) is 25.2 Å². The Kier molecular flexibility index (Phi) is 4.32. The van der Waals surface area contributed by atoms with Crippen LogP contribution in [0.2, 0.25) is 0 Å². The summed E-state index contributed by atoms with van der Waals surface area (Å²) in [6, 6.07) is 8.06. The minimum Gasteiger partial charge on any atom is -0.356 e. The quantitative estimate of drug-likeness (QED) is 0.841. The zero-order valence-corrected chi connectivity index (χ0v) is 13.6. The first-order valence-electron chi connectivity index (χ1n) is 7.98. The van der Waals surface area contributed by atoms with Crippen molar-refractivity contribution < 1.29 is 9.59 Å². The topological polar surface area (TPSA) is 67.2 Å². The maximum atomic E-state index is 12.0. The van der Waals surface area contributed by atoms with E-state index < -0.39 is 0 Å². The van der Waals surface area contributed by atoms with E-state index in [1.54, 1.807) is 11.9 Å². The zero-order chi connectivity index (χ0) is 16.4. The summed E-state index contributed by atoms with van der Waals surface area (Å²) in [5.74, 6) is 0.844. The highest BCUT2D eigenvalue weighted by Gasteiger charge is 2.31. The van der Waals surface area contributed by atoms with Crippen molar-refractivity contribution in [2.45, 2.75) is 19.3 Å². The molecule has 2 amide bonds. The van der Waals surface area contributed by atoms with Crippen molar-refractivity contribution >= 4 is 22.8 Å². The number of amides is 2. The van der Waals surface area contributed by atoms with Crippen LogP contribution in [0.4, 0.5) is 0 Å². The van der Waals surface area contributed by atoms with E-state index in [-0.39, 0.29) is 17.7 Å². The molecule has 2 heterocycles. The molecule has 2 aromatic rings. The SMILES string of the molecule is CN1C[C@@H](C(=O)NCCCc2nc3ccccc3n2C)CC1=O. The number of aromatic nitrogens is 2. The number of benzene rings is 1. The van der Waals surface area contributed by atoms with Gasteiger partial charge < -0.3 is 14.8 Å². The Balaban J connectivity index is 1.49. The van der Waals surface area contributed by atoms with Gasteiger partial charge in [-0.25, -0.2) is 4.98 Å². The second kappa shape index (κ2) is 6.40. The van der Waals surface area contributed by atoms with Crippen LogP contribution in [0.3, 0.4) is 0 Å². The molecule has 0 spiro atoms. The number of carbonyl (C=O) groups excluding carboxylic acids is 2. The van der Waals surface area contributed by atoms with Gasteiger partial charge in [0, 0.05) is 40.0 Å². The number of fused-ring (bicyclic) bond motifs is 1. The van der Waals surface area contributed by atoms with E-state index in [4.69, 9.17) is 0 Å². The smallest absolute Gasteiger partial charge is 0.225 e. The van der Waals surface area contributed by atoms with Gasteiger partial charge in [-0.2, -0.15) is 0 Å². The van der Waals surface area contributed by atoms with Crippen molar-refractivity contribution in [2.75, 3.05) is 20.1 Å². The summed E-state index contributed by atoms with van der Waals surface area (Å²) < 4.78 is 2.10. The Morgan fingerprint density at radius 2 is 2.13 bits per heavy atom. The third-order valence-corrected chi connectivity index (χ3v) is 4.47. The summed E-state index contributed by atoms with van der Waals surface area (Å²) in [7, 11) is 3.75. The van der Waals surface area contributed by atoms with E-state index in [9.17, 15) is 9.59 Å². The molecule has 6 nitrogen and oxygen atoms in total. The molecule has 1 aromatic carbocycles. The molecule has 1 fully saturated rings. The average molecular weight is 314 g/mol. The minimum atomic E-state index is -0.205. The van der Waals surface area contributed by atoms with Crippen molar-refractivity contribution in [3.05, 3.63) is 30.1 Å². The van der Waals surface area contributed by atoms with Gasteiger partial charge in [0.2, 0.25) is 11.8 Å². The van der Waals surface area contributed by atoms with Crippen LogP contribution in [-0.2, 0) is 23.1 Å². The molecule has 0 aliphatic carbocycles. The molecule has 0 radical (unpaired) electrons. The number of nitrogens with one attached hydrogen (secondary N) is 1. The van der Waals surface area contributed by atoms with Gasteiger partial charge in [-0.1, -0.05) is 12.1 Å². The Morgan fingerprint density at radius 3 is 2.83 bits per heavy atom. The standard InChI is InChI=1S/C17H22N4O2/c1-20-11-12(10-16(20)22)17(23)18-9-5-8-15-19-13-6-3-4-7-14(13)21(15)2/h3-4,6-7,12H,5,8-11H2,1-2H3,(H,18,23)/t12-/m0/s1. The zero-order valence-electron chi connectivity index (χ0n) is 13.6. The van der Waals surface area contributed by atoms with Crippen molar-refractivity contribution in [3.8, 4) is 0 Å². The molecule has 1 aliphatic rings. The molecule has 0 unspecified atom stereocenters. The molecule has 1 atom stereocenters. The van der Waals surface area contributed by atoms with Gasteiger partial charge in [-0.05, 0) is 18.6 Å². The highest BCUT2D eigenvalue weighted by atomic mass is 16.2. The Morgan fingerprint density at radius 1 is 1.35 bits per heavy atom. The lowest BCUT2D eigenvalue weighted by Gasteiger charge is -2.11. The fraction of sp³-hybridized carbons (Fsp3) is 0.471. The van der Waals surface area contributed by atoms with Crippen molar-refractivity contribution in [3.63, 3.8) is 0 Å². The molecule has 23 heavy (non-hydrogen) atoms. The summed E-state index contributed by atoms with van der Waals surface area (Å²) in [6.45, 7) is 1.13. The summed E-state index contributed by atoms with van der Waals surface area (Å²) in [5, 5.41) is 2.93. The van der Waals surface area contributed by atoms with E-state index >= 15 is 0 Å². The van der Waals surface area contributed by atoms with Gasteiger partial charge in [0.05, 0.1) is 17.0 Å². The monoisotopic (exact) mass is 314 g/mol. The van der Waals surface area contributed by atoms with Gasteiger partial charge in [0.15, 0.2) is 0 Å². The highest BCUT2D eigenvalue weighted by molar-refractivity contribution is 5.89. The van der Waals surface area contributed by atoms with Crippen LogP contribution in [0.5, 0.6) is 0 Å². The molecule has 1 aromatic heterocycles. The molecule has 1 aliphatic heterocycles. The number of hydrogen-bond donors (Lipinski definition) is 1. The van der Waals surface area contributed by atoms with Gasteiger partial charge in [0.25, 0.3) is 0 Å². The highest BCUT2D eigenvalue weighted by Crippen LogP contribution is 2.16. The molecule has 6 heteroatoms. The Hall–Kier alpha value is -2.37. The number of likely N-dealkylation sites (tertiary alicyclic amines) is 1. The first-order valence-corrected chi connectivity index (χ1v) is 7.98. The Labute approximate surface area is 135 Å². The van der Waals surface area contributed by atoms with Crippen LogP contribution in [0.1, 0.15) is 18.7 Å². The summed E-state index contributed by atoms with van der Waals surface area (Å²) in [6.07, 6.45) is 1.97. The predicted molar refractivity (Wildman–Crippen MR) is 87.8 cm³/mol. The van der Waals surface area contributed by atoms with Gasteiger partial charge in [-0.3, -0.25) is 9.59 Å². The summed E-state index contributed by atoms with van der Waals surface area (Å²) in [5.41, 5.74) is 2.13. The van der Waals surface area contributed by atoms with Crippen LogP contribution in [0.25, 0.3) is 11.0 Å². The molecule has 122 valence electrons. The lowest BCUT2D eigenvalue weighted by molar-refractivity contribution is -0.128. The van der Waals surface area contributed by atoms with Gasteiger partial charge in [0.1, 0.15) is 5.82 Å². The summed E-state index contributed by atoms with van der Waals surface area (Å²) in [4.78, 5) is 29.7. The maximum Gasteiger partial charge on any atom is 0.225 e. The number of aryl methyl sites for hydroxylation is 2. The minimum absolute atomic E-state index is 0.0206. The van der Waals surface area contributed by atoms with Crippen molar-refractivity contribution in [1.82, 2.24) is 19.8 Å². The van der Waals surface area contributed by atoms with E-state index in [1.165, 1.54) is 0 Å². The second-order valence-electron chi connectivity index (χ2n) is 6.15. The molecular weight excluding hydrogens is 292 g/mol. The number of nitrogens with zero attached hydrogens (tertiary/aromatic N) is 3. The van der Waals surface area contributed by atoms with Gasteiger partial charge >= 0.3 is 0 Å². The number of hydrogen-bond acceptors (Lipinski definition) is 3. The third kappa shape index (κ3) is 3.21. The van der Waals surface area contributed by atoms with Crippen LogP contribution >= 0.6 is 0 Å². The molecule has 0 saturated carbocycles. The second-order valence-corrected chi connectivity index (χ2v) is 6.15. The van der Waals surface area contributed by atoms with Crippen LogP contribution < -0.4 is 5.32 Å². The van der Waals surface area contributed by atoms with Crippen LogP contribution in [0, 0.1) is 5.92 Å². The average Bonchev–Trinajstić information content (AvgIpc) is 3.05. The molecule has 1 N–H and O–H groups in total. The van der Waals surface area contributed by atoms with Crippen molar-refractivity contribution in [1.29, 1.82) is 0 Å². The summed E-state index contributed by atoms with van der Waals surface area (Å²) >= 11 is 0. The number of carbonyl (C=O) groups is 2. The molecule has 0 bridgehead atoms. The number of para-hydroxylation sites is 2. The Bertz CT molecular complexity index is 737. The van der Waals surface area contributed by atoms with Crippen LogP contribution in [-0.4, -0.2) is 46.4 Å². The van der Waals surface area contributed by atoms with Crippen LogP contribution in [0.15, 0.2) is 24.3 Å². The first kappa shape index (κ1) is 15.5. The maximum absolute atomic E-state index is 12.0. The van der Waals surface area contributed by atoms with E-state index in [2.05, 4.69) is 20.9 Å². The van der Waals surface area contributed by atoms with E-state index in [0.717, 1.165) is 29.7 Å². The number of imidazole rings is 1. The lowest BCUT2D eigenvalue weighted by Crippen LogP contribution is -2.33. The normalized spacial score (nSPS) is 17.9. The third-order valence-electron chi connectivity index (χ3n) is 4.47. The van der Waals surface area contributed by atoms with Gasteiger partial charge in [-0.15, -0.1) is 0 Å². The van der Waals surface area contributed by atoms with E-state index in [0.29, 0.717) is 19.5 Å². The van der Waals surface area contributed by atoms with Crippen molar-refractivity contribution in [2.24, 2.45) is 13.0 Å². The largest absolute Gasteiger partial charge is 0.356 e. The number of rotatable bonds is 5. The first-order chi connectivity index (χ1) is 11.1.